The van der Waals surface area contributed by atoms with Gasteiger partial charge in [-0.05, 0) is 6.92 Å². The number of ether oxygens (including phenoxy) is 1. The van der Waals surface area contributed by atoms with E-state index in [1.54, 1.807) is 0 Å². The van der Waals surface area contributed by atoms with Gasteiger partial charge in [0, 0.05) is 12.8 Å². The molecule has 0 heterocycles. The minimum Gasteiger partial charge on any atom is -0.478 e. The molecule has 0 aliphatic heterocycles. The zero-order valence-corrected chi connectivity index (χ0v) is 6.05. The van der Waals surface area contributed by atoms with Gasteiger partial charge < -0.3 is 15.6 Å². The molecular weight excluding hydrogens is 134 g/mol. The smallest absolute Gasteiger partial charge is 0.335 e. The van der Waals surface area contributed by atoms with E-state index < -0.39 is 5.97 Å². The summed E-state index contributed by atoms with van der Waals surface area (Å²) in [7, 11) is 1.42. The minimum absolute atomic E-state index is 0.0532. The molecule has 0 amide bonds. The Kier molecular flexibility index (Phi) is 3.49. The average molecular weight is 145 g/mol. The third-order valence-electron chi connectivity index (χ3n) is 1.02. The van der Waals surface area contributed by atoms with Gasteiger partial charge in [0.2, 0.25) is 0 Å². The summed E-state index contributed by atoms with van der Waals surface area (Å²) in [5, 5.41) is 8.46. The monoisotopic (exact) mass is 145 g/mol. The Morgan fingerprint density at radius 1 is 1.70 bits per heavy atom. The molecule has 0 saturated carbocycles. The van der Waals surface area contributed by atoms with E-state index >= 15 is 0 Å². The maximum atomic E-state index is 10.3. The predicted molar refractivity (Wildman–Crippen MR) is 36.4 cm³/mol. The zero-order chi connectivity index (χ0) is 8.15. The van der Waals surface area contributed by atoms with E-state index in [4.69, 9.17) is 10.8 Å². The number of rotatable bonds is 3. The van der Waals surface area contributed by atoms with Crippen LogP contribution in [0.4, 0.5) is 0 Å². The maximum absolute atomic E-state index is 10.3. The number of hydrogen-bond acceptors (Lipinski definition) is 3. The van der Waals surface area contributed by atoms with Gasteiger partial charge in [0.25, 0.3) is 0 Å². The SMILES string of the molecule is COC/C(C(=O)O)=C(/C)N. The van der Waals surface area contributed by atoms with Gasteiger partial charge in [0.05, 0.1) is 12.2 Å². The van der Waals surface area contributed by atoms with Crippen molar-refractivity contribution in [3.63, 3.8) is 0 Å². The number of hydrogen-bond donors (Lipinski definition) is 2. The van der Waals surface area contributed by atoms with Crippen LogP contribution in [0.1, 0.15) is 6.92 Å². The van der Waals surface area contributed by atoms with E-state index in [9.17, 15) is 4.79 Å². The molecule has 58 valence electrons. The first-order chi connectivity index (χ1) is 4.59. The molecule has 4 nitrogen and oxygen atoms in total. The van der Waals surface area contributed by atoms with Crippen LogP contribution in [-0.2, 0) is 9.53 Å². The number of methoxy groups -OCH3 is 1. The van der Waals surface area contributed by atoms with Crippen LogP contribution in [0, 0.1) is 0 Å². The molecular formula is C6H11NO3. The molecule has 0 unspecified atom stereocenters. The Labute approximate surface area is 59.3 Å². The Morgan fingerprint density at radius 3 is 2.30 bits per heavy atom. The molecule has 4 heteroatoms. The average Bonchev–Trinajstić information content (AvgIpc) is 1.81. The van der Waals surface area contributed by atoms with Crippen LogP contribution in [0.3, 0.4) is 0 Å². The highest BCUT2D eigenvalue weighted by Crippen LogP contribution is 1.98. The second-order valence-electron chi connectivity index (χ2n) is 1.90. The normalized spacial score (nSPS) is 12.6. The molecule has 3 N–H and O–H groups in total. The highest BCUT2D eigenvalue weighted by Gasteiger charge is 2.08. The van der Waals surface area contributed by atoms with Crippen molar-refractivity contribution in [2.24, 2.45) is 5.73 Å². The largest absolute Gasteiger partial charge is 0.478 e. The van der Waals surface area contributed by atoms with E-state index in [0.717, 1.165) is 0 Å². The zero-order valence-electron chi connectivity index (χ0n) is 6.05. The van der Waals surface area contributed by atoms with Gasteiger partial charge in [-0.2, -0.15) is 0 Å². The van der Waals surface area contributed by atoms with Crippen molar-refractivity contribution in [3.05, 3.63) is 11.3 Å². The summed E-state index contributed by atoms with van der Waals surface area (Å²) in [4.78, 5) is 10.3. The van der Waals surface area contributed by atoms with Gasteiger partial charge >= 0.3 is 5.97 Å². The number of aliphatic carboxylic acids is 1. The fourth-order valence-corrected chi connectivity index (χ4v) is 0.489. The number of carbonyl (C=O) groups is 1. The van der Waals surface area contributed by atoms with Crippen LogP contribution in [0.25, 0.3) is 0 Å². The quantitative estimate of drug-likeness (QED) is 0.546. The van der Waals surface area contributed by atoms with Crippen molar-refractivity contribution in [3.8, 4) is 0 Å². The van der Waals surface area contributed by atoms with Crippen molar-refractivity contribution in [1.29, 1.82) is 0 Å². The standard InChI is InChI=1S/C6H11NO3/c1-4(7)5(3-10-2)6(8)9/h3,7H2,1-2H3,(H,8,9)/b5-4+. The van der Waals surface area contributed by atoms with E-state index in [2.05, 4.69) is 4.74 Å². The van der Waals surface area contributed by atoms with Crippen LogP contribution < -0.4 is 5.73 Å². The molecule has 0 aliphatic carbocycles. The van der Waals surface area contributed by atoms with Crippen LogP contribution in [0.5, 0.6) is 0 Å². The van der Waals surface area contributed by atoms with E-state index in [1.807, 2.05) is 0 Å². The molecule has 0 rings (SSSR count). The van der Waals surface area contributed by atoms with Crippen LogP contribution in [0.2, 0.25) is 0 Å². The van der Waals surface area contributed by atoms with Crippen LogP contribution >= 0.6 is 0 Å². The van der Waals surface area contributed by atoms with Gasteiger partial charge in [-0.25, -0.2) is 4.79 Å². The predicted octanol–water partition coefficient (Wildman–Crippen LogP) is -0.0499. The Morgan fingerprint density at radius 2 is 2.20 bits per heavy atom. The van der Waals surface area contributed by atoms with Gasteiger partial charge in [-0.3, -0.25) is 0 Å². The van der Waals surface area contributed by atoms with Crippen molar-refractivity contribution in [1.82, 2.24) is 0 Å². The van der Waals surface area contributed by atoms with E-state index in [-0.39, 0.29) is 17.9 Å². The molecule has 0 bridgehead atoms. The van der Waals surface area contributed by atoms with E-state index in [0.29, 0.717) is 0 Å². The van der Waals surface area contributed by atoms with Gasteiger partial charge in [-0.15, -0.1) is 0 Å². The number of carboxylic acid groups (broad SMARTS) is 1. The Bertz CT molecular complexity index is 158. The molecule has 0 aliphatic rings. The second-order valence-corrected chi connectivity index (χ2v) is 1.90. The molecule has 0 aromatic carbocycles. The minimum atomic E-state index is -1.03. The third-order valence-corrected chi connectivity index (χ3v) is 1.02. The van der Waals surface area contributed by atoms with Crippen molar-refractivity contribution >= 4 is 5.97 Å². The summed E-state index contributed by atoms with van der Waals surface area (Å²) in [6.07, 6.45) is 0. The maximum Gasteiger partial charge on any atom is 0.335 e. The number of carboxylic acids is 1. The fraction of sp³-hybridized carbons (Fsp3) is 0.500. The molecule has 0 spiro atoms. The van der Waals surface area contributed by atoms with Gasteiger partial charge in [0.15, 0.2) is 0 Å². The lowest BCUT2D eigenvalue weighted by Crippen LogP contribution is -2.12. The first-order valence-electron chi connectivity index (χ1n) is 2.77. The molecule has 0 saturated heterocycles. The Hall–Kier alpha value is -1.03. The summed E-state index contributed by atoms with van der Waals surface area (Å²) in [6.45, 7) is 1.58. The highest BCUT2D eigenvalue weighted by molar-refractivity contribution is 5.87. The molecule has 0 aromatic rings. The number of allylic oxidation sites excluding steroid dienone is 1. The summed E-state index contributed by atoms with van der Waals surface area (Å²) < 4.78 is 4.61. The number of nitrogens with two attached hydrogens (primary N) is 1. The lowest BCUT2D eigenvalue weighted by atomic mass is 10.2. The lowest BCUT2D eigenvalue weighted by Gasteiger charge is -2.01. The Balaban J connectivity index is 4.28. The highest BCUT2D eigenvalue weighted by atomic mass is 16.5. The van der Waals surface area contributed by atoms with E-state index in [1.165, 1.54) is 14.0 Å². The van der Waals surface area contributed by atoms with Gasteiger partial charge in [-0.1, -0.05) is 0 Å². The summed E-state index contributed by atoms with van der Waals surface area (Å²) >= 11 is 0. The van der Waals surface area contributed by atoms with Crippen LogP contribution in [-0.4, -0.2) is 24.8 Å². The third kappa shape index (κ3) is 2.50. The van der Waals surface area contributed by atoms with Crippen molar-refractivity contribution in [2.45, 2.75) is 6.92 Å². The fourth-order valence-electron chi connectivity index (χ4n) is 0.489. The van der Waals surface area contributed by atoms with Crippen molar-refractivity contribution in [2.75, 3.05) is 13.7 Å². The van der Waals surface area contributed by atoms with Crippen molar-refractivity contribution < 1.29 is 14.6 Å². The molecule has 10 heavy (non-hydrogen) atoms. The lowest BCUT2D eigenvalue weighted by molar-refractivity contribution is -0.133. The first kappa shape index (κ1) is 8.97. The molecule has 0 atom stereocenters. The molecule has 0 fully saturated rings. The summed E-state index contributed by atoms with van der Waals surface area (Å²) in [6, 6.07) is 0. The summed E-state index contributed by atoms with van der Waals surface area (Å²) in [5.41, 5.74) is 5.64. The van der Waals surface area contributed by atoms with Gasteiger partial charge in [0.1, 0.15) is 0 Å². The van der Waals surface area contributed by atoms with Crippen LogP contribution in [0.15, 0.2) is 11.3 Å². The second kappa shape index (κ2) is 3.90. The first-order valence-corrected chi connectivity index (χ1v) is 2.77. The summed E-state index contributed by atoms with van der Waals surface area (Å²) in [5.74, 6) is -1.03. The molecule has 0 radical (unpaired) electrons. The molecule has 0 aromatic heterocycles. The topological polar surface area (TPSA) is 72.5 Å².